The normalized spacial score (nSPS) is 23.7. The summed E-state index contributed by atoms with van der Waals surface area (Å²) in [5.74, 6) is -1.28. The molecule has 3 rings (SSSR count). The van der Waals surface area contributed by atoms with Crippen LogP contribution in [-0.4, -0.2) is 66.1 Å². The number of nitrogens with zero attached hydrogens (tertiary/aromatic N) is 1. The van der Waals surface area contributed by atoms with Crippen molar-refractivity contribution in [3.8, 4) is 0 Å². The van der Waals surface area contributed by atoms with E-state index < -0.39 is 12.0 Å². The summed E-state index contributed by atoms with van der Waals surface area (Å²) in [6.07, 6.45) is 2.75. The second kappa shape index (κ2) is 8.96. The number of aliphatic carboxylic acids is 1. The molecule has 8 nitrogen and oxygen atoms in total. The molecule has 2 aliphatic heterocycles. The number of carbonyl (C=O) groups excluding carboxylic acids is 2. The molecule has 0 radical (unpaired) electrons. The molecule has 1 unspecified atom stereocenters. The van der Waals surface area contributed by atoms with Gasteiger partial charge < -0.3 is 15.7 Å². The molecule has 0 aliphatic carbocycles. The van der Waals surface area contributed by atoms with E-state index in [1.807, 2.05) is 24.3 Å². The van der Waals surface area contributed by atoms with Crippen LogP contribution in [0, 0.1) is 0 Å². The van der Waals surface area contributed by atoms with Crippen LogP contribution in [-0.2, 0) is 20.8 Å². The Bertz CT molecular complexity index is 691. The average molecular weight is 374 g/mol. The number of amides is 2. The van der Waals surface area contributed by atoms with E-state index in [0.717, 1.165) is 31.6 Å². The van der Waals surface area contributed by atoms with Crippen LogP contribution in [0.25, 0.3) is 0 Å². The van der Waals surface area contributed by atoms with E-state index in [-0.39, 0.29) is 17.9 Å². The van der Waals surface area contributed by atoms with Crippen molar-refractivity contribution in [2.45, 2.75) is 37.8 Å². The summed E-state index contributed by atoms with van der Waals surface area (Å²) < 4.78 is 0. The summed E-state index contributed by atoms with van der Waals surface area (Å²) in [6.45, 7) is 3.00. The predicted octanol–water partition coefficient (Wildman–Crippen LogP) is 0.195. The Morgan fingerprint density at radius 3 is 2.74 bits per heavy atom. The molecule has 2 saturated heterocycles. The Labute approximate surface area is 158 Å². The van der Waals surface area contributed by atoms with Crippen LogP contribution in [0.2, 0.25) is 0 Å². The summed E-state index contributed by atoms with van der Waals surface area (Å²) >= 11 is 0. The molecule has 0 aromatic heterocycles. The Hall–Kier alpha value is -2.45. The van der Waals surface area contributed by atoms with Gasteiger partial charge in [0.25, 0.3) is 0 Å². The second-order valence-corrected chi connectivity index (χ2v) is 7.09. The number of anilines is 1. The third-order valence-corrected chi connectivity index (χ3v) is 5.03. The highest BCUT2D eigenvalue weighted by atomic mass is 16.4. The first kappa shape index (κ1) is 19.3. The molecular formula is C19H26N4O4. The first-order chi connectivity index (χ1) is 13.0. The fourth-order valence-electron chi connectivity index (χ4n) is 3.49. The number of carbonyl (C=O) groups is 3. The number of nitrogens with one attached hydrogen (secondary N) is 3. The highest BCUT2D eigenvalue weighted by Crippen LogP contribution is 2.16. The molecule has 2 aliphatic rings. The van der Waals surface area contributed by atoms with Gasteiger partial charge in [-0.2, -0.15) is 0 Å². The largest absolute Gasteiger partial charge is 0.480 e. The van der Waals surface area contributed by atoms with Gasteiger partial charge in [-0.05, 0) is 43.5 Å². The van der Waals surface area contributed by atoms with Crippen molar-refractivity contribution in [1.29, 1.82) is 0 Å². The Kier molecular flexibility index (Phi) is 6.41. The summed E-state index contributed by atoms with van der Waals surface area (Å²) in [5.41, 5.74) is 2.06. The van der Waals surface area contributed by atoms with Crippen LogP contribution < -0.4 is 16.0 Å². The molecular weight excluding hydrogens is 348 g/mol. The van der Waals surface area contributed by atoms with Crippen molar-refractivity contribution < 1.29 is 19.5 Å². The predicted molar refractivity (Wildman–Crippen MR) is 100 cm³/mol. The number of rotatable bonds is 7. The monoisotopic (exact) mass is 374 g/mol. The first-order valence-corrected chi connectivity index (χ1v) is 9.39. The molecule has 4 N–H and O–H groups in total. The minimum atomic E-state index is -0.793. The standard InChI is InChI=1S/C19H26N4O4/c24-17-8-7-15(18(25)22-17)21-14-5-3-13(4-6-14)2-1-10-23-11-9-20-16(12-23)19(26)27/h3-6,15-16,20-21H,1-2,7-12H2,(H,26,27)(H,22,24,25)/t15?,16-/m0/s1. The van der Waals surface area contributed by atoms with E-state index in [2.05, 4.69) is 20.9 Å². The van der Waals surface area contributed by atoms with Gasteiger partial charge >= 0.3 is 5.97 Å². The van der Waals surface area contributed by atoms with Crippen LogP contribution in [0.4, 0.5) is 5.69 Å². The Morgan fingerprint density at radius 2 is 2.04 bits per heavy atom. The van der Waals surface area contributed by atoms with Crippen LogP contribution in [0.5, 0.6) is 0 Å². The lowest BCUT2D eigenvalue weighted by Crippen LogP contribution is -2.54. The smallest absolute Gasteiger partial charge is 0.322 e. The van der Waals surface area contributed by atoms with E-state index in [4.69, 9.17) is 5.11 Å². The maximum absolute atomic E-state index is 11.8. The molecule has 2 fully saturated rings. The van der Waals surface area contributed by atoms with Crippen molar-refractivity contribution in [2.24, 2.45) is 0 Å². The number of piperazine rings is 1. The van der Waals surface area contributed by atoms with Crippen LogP contribution in [0.1, 0.15) is 24.8 Å². The zero-order valence-electron chi connectivity index (χ0n) is 15.2. The zero-order valence-corrected chi connectivity index (χ0v) is 15.2. The topological polar surface area (TPSA) is 111 Å². The van der Waals surface area contributed by atoms with Crippen molar-refractivity contribution in [1.82, 2.24) is 15.5 Å². The SMILES string of the molecule is O=C1CCC(Nc2ccc(CCCN3CCN[C@H](C(=O)O)C3)cc2)C(=O)N1. The molecule has 0 spiro atoms. The fraction of sp³-hybridized carbons (Fsp3) is 0.526. The number of piperidine rings is 1. The van der Waals surface area contributed by atoms with Gasteiger partial charge in [-0.15, -0.1) is 0 Å². The first-order valence-electron chi connectivity index (χ1n) is 9.39. The zero-order chi connectivity index (χ0) is 19.2. The van der Waals surface area contributed by atoms with Gasteiger partial charge in [0.05, 0.1) is 0 Å². The molecule has 2 heterocycles. The lowest BCUT2D eigenvalue weighted by Gasteiger charge is -2.31. The van der Waals surface area contributed by atoms with E-state index in [9.17, 15) is 14.4 Å². The third kappa shape index (κ3) is 5.51. The van der Waals surface area contributed by atoms with Crippen molar-refractivity contribution in [2.75, 3.05) is 31.5 Å². The van der Waals surface area contributed by atoms with E-state index in [1.165, 1.54) is 5.56 Å². The van der Waals surface area contributed by atoms with Crippen molar-refractivity contribution in [3.05, 3.63) is 29.8 Å². The maximum Gasteiger partial charge on any atom is 0.322 e. The number of aryl methyl sites for hydroxylation is 1. The molecule has 27 heavy (non-hydrogen) atoms. The lowest BCUT2D eigenvalue weighted by molar-refractivity contribution is -0.140. The molecule has 1 aromatic rings. The van der Waals surface area contributed by atoms with Crippen LogP contribution >= 0.6 is 0 Å². The number of hydrogen-bond donors (Lipinski definition) is 4. The highest BCUT2D eigenvalue weighted by molar-refractivity contribution is 6.01. The van der Waals surface area contributed by atoms with Gasteiger partial charge in [0, 0.05) is 31.7 Å². The van der Waals surface area contributed by atoms with Gasteiger partial charge in [0.1, 0.15) is 12.1 Å². The van der Waals surface area contributed by atoms with E-state index in [0.29, 0.717) is 25.9 Å². The number of carboxylic acid groups (broad SMARTS) is 1. The fourth-order valence-corrected chi connectivity index (χ4v) is 3.49. The quantitative estimate of drug-likeness (QED) is 0.505. The van der Waals surface area contributed by atoms with E-state index >= 15 is 0 Å². The second-order valence-electron chi connectivity index (χ2n) is 7.09. The van der Waals surface area contributed by atoms with E-state index in [1.54, 1.807) is 0 Å². The Balaban J connectivity index is 1.42. The molecule has 2 amide bonds. The number of hydrogen-bond acceptors (Lipinski definition) is 6. The average Bonchev–Trinajstić information content (AvgIpc) is 2.65. The van der Waals surface area contributed by atoms with Gasteiger partial charge in [-0.3, -0.25) is 24.6 Å². The molecule has 2 atom stereocenters. The number of benzene rings is 1. The minimum Gasteiger partial charge on any atom is -0.480 e. The minimum absolute atomic E-state index is 0.215. The number of imide groups is 1. The van der Waals surface area contributed by atoms with Gasteiger partial charge in [-0.25, -0.2) is 0 Å². The summed E-state index contributed by atoms with van der Waals surface area (Å²) in [7, 11) is 0. The van der Waals surface area contributed by atoms with Crippen LogP contribution in [0.15, 0.2) is 24.3 Å². The third-order valence-electron chi connectivity index (χ3n) is 5.03. The van der Waals surface area contributed by atoms with Crippen molar-refractivity contribution >= 4 is 23.5 Å². The van der Waals surface area contributed by atoms with Crippen molar-refractivity contribution in [3.63, 3.8) is 0 Å². The highest BCUT2D eigenvalue weighted by Gasteiger charge is 2.26. The molecule has 0 saturated carbocycles. The summed E-state index contributed by atoms with van der Waals surface area (Å²) in [4.78, 5) is 36.2. The molecule has 1 aromatic carbocycles. The molecule has 8 heteroatoms. The lowest BCUT2D eigenvalue weighted by atomic mass is 10.0. The van der Waals surface area contributed by atoms with Crippen LogP contribution in [0.3, 0.4) is 0 Å². The molecule has 146 valence electrons. The molecule has 0 bridgehead atoms. The van der Waals surface area contributed by atoms with Gasteiger partial charge in [-0.1, -0.05) is 12.1 Å². The Morgan fingerprint density at radius 1 is 1.26 bits per heavy atom. The maximum atomic E-state index is 11.8. The number of carboxylic acids is 1. The summed E-state index contributed by atoms with van der Waals surface area (Å²) in [6, 6.07) is 7.12. The van der Waals surface area contributed by atoms with Gasteiger partial charge in [0.15, 0.2) is 0 Å². The summed E-state index contributed by atoms with van der Waals surface area (Å²) in [5, 5.41) is 17.6. The van der Waals surface area contributed by atoms with Gasteiger partial charge in [0.2, 0.25) is 11.8 Å².